The second-order valence-electron chi connectivity index (χ2n) is 1.80. The van der Waals surface area contributed by atoms with Crippen LogP contribution in [0.4, 0.5) is 0 Å². The maximum absolute atomic E-state index is 10.5. The van der Waals surface area contributed by atoms with Crippen molar-refractivity contribution < 1.29 is 8.39 Å². The van der Waals surface area contributed by atoms with Crippen molar-refractivity contribution in [1.29, 1.82) is 0 Å². The van der Waals surface area contributed by atoms with Crippen LogP contribution >= 0.6 is 0 Å². The first-order chi connectivity index (χ1) is 6.79. The molecule has 0 amide bonds. The summed E-state index contributed by atoms with van der Waals surface area (Å²) >= 11 is -1.22. The predicted octanol–water partition coefficient (Wildman–Crippen LogP) is 3.41. The van der Waals surface area contributed by atoms with E-state index in [0.29, 0.717) is 5.75 Å². The molecule has 14 heavy (non-hydrogen) atoms. The summed E-state index contributed by atoms with van der Waals surface area (Å²) in [6.07, 6.45) is 1.49. The van der Waals surface area contributed by atoms with Crippen LogP contribution in [0.3, 0.4) is 0 Å². The molecule has 0 aliphatic carbocycles. The molecule has 0 spiro atoms. The van der Waals surface area contributed by atoms with Crippen molar-refractivity contribution in [3.8, 4) is 5.75 Å². The molecule has 82 valence electrons. The van der Waals surface area contributed by atoms with Gasteiger partial charge in [-0.1, -0.05) is 45.9 Å². The van der Waals surface area contributed by atoms with E-state index in [1.165, 1.54) is 6.26 Å². The first kappa shape index (κ1) is 15.6. The van der Waals surface area contributed by atoms with E-state index in [1.807, 2.05) is 45.9 Å². The minimum absolute atomic E-state index is 0.642. The number of para-hydroxylation sites is 1. The number of rotatable bonds is 2. The van der Waals surface area contributed by atoms with Gasteiger partial charge in [0.1, 0.15) is 5.75 Å². The average molecular weight is 216 g/mol. The summed E-state index contributed by atoms with van der Waals surface area (Å²) in [7, 11) is 0. The molecule has 0 saturated carbocycles. The maximum Gasteiger partial charge on any atom is 0.203 e. The molecule has 0 saturated heterocycles. The van der Waals surface area contributed by atoms with Gasteiger partial charge in [-0.25, -0.2) is 4.21 Å². The lowest BCUT2D eigenvalue weighted by Gasteiger charge is -1.97. The number of hydrogen-bond donors (Lipinski definition) is 0. The van der Waals surface area contributed by atoms with E-state index in [4.69, 9.17) is 4.18 Å². The van der Waals surface area contributed by atoms with Crippen LogP contribution < -0.4 is 4.18 Å². The Kier molecular flexibility index (Phi) is 13.6. The third-order valence-corrected chi connectivity index (χ3v) is 1.38. The summed E-state index contributed by atoms with van der Waals surface area (Å²) < 4.78 is 15.4. The Balaban J connectivity index is 0. The van der Waals surface area contributed by atoms with Gasteiger partial charge in [0.15, 0.2) is 0 Å². The monoisotopic (exact) mass is 216 g/mol. The van der Waals surface area contributed by atoms with Crippen LogP contribution in [0, 0.1) is 0 Å². The minimum atomic E-state index is -1.22. The fourth-order valence-electron chi connectivity index (χ4n) is 0.612. The Bertz CT molecular complexity index is 222. The van der Waals surface area contributed by atoms with Gasteiger partial charge < -0.3 is 4.18 Å². The van der Waals surface area contributed by atoms with Crippen molar-refractivity contribution in [3.05, 3.63) is 30.3 Å². The van der Waals surface area contributed by atoms with Gasteiger partial charge in [-0.2, -0.15) is 0 Å². The summed E-state index contributed by atoms with van der Waals surface area (Å²) in [5.74, 6) is 0.642. The SMILES string of the molecule is CC.CC.CS(=O)Oc1ccccc1. The topological polar surface area (TPSA) is 26.3 Å². The Labute approximate surface area is 90.0 Å². The fraction of sp³-hybridized carbons (Fsp3) is 0.455. The molecule has 1 aromatic rings. The van der Waals surface area contributed by atoms with Crippen LogP contribution in [0.2, 0.25) is 0 Å². The summed E-state index contributed by atoms with van der Waals surface area (Å²) in [5, 5.41) is 0. The van der Waals surface area contributed by atoms with Crippen LogP contribution in [0.1, 0.15) is 27.7 Å². The van der Waals surface area contributed by atoms with Gasteiger partial charge in [0.25, 0.3) is 0 Å². The van der Waals surface area contributed by atoms with Gasteiger partial charge >= 0.3 is 0 Å². The molecule has 1 rings (SSSR count). The lowest BCUT2D eigenvalue weighted by atomic mass is 10.3. The molecule has 2 nitrogen and oxygen atoms in total. The lowest BCUT2D eigenvalue weighted by Crippen LogP contribution is -1.95. The zero-order valence-corrected chi connectivity index (χ0v) is 10.4. The Morgan fingerprint density at radius 1 is 1.00 bits per heavy atom. The number of hydrogen-bond acceptors (Lipinski definition) is 2. The molecule has 1 atom stereocenters. The minimum Gasteiger partial charge on any atom is -0.401 e. The Morgan fingerprint density at radius 3 is 1.79 bits per heavy atom. The quantitative estimate of drug-likeness (QED) is 0.757. The third-order valence-electron chi connectivity index (χ3n) is 0.957. The largest absolute Gasteiger partial charge is 0.401 e. The van der Waals surface area contributed by atoms with Crippen molar-refractivity contribution >= 4 is 11.1 Å². The highest BCUT2D eigenvalue weighted by atomic mass is 32.2. The molecule has 0 radical (unpaired) electrons. The van der Waals surface area contributed by atoms with E-state index < -0.39 is 11.1 Å². The third kappa shape index (κ3) is 9.26. The smallest absolute Gasteiger partial charge is 0.203 e. The molecule has 0 aliphatic rings. The molecule has 1 unspecified atom stereocenters. The molecule has 0 aliphatic heterocycles. The lowest BCUT2D eigenvalue weighted by molar-refractivity contribution is 0.568. The summed E-state index contributed by atoms with van der Waals surface area (Å²) in [4.78, 5) is 0. The normalized spacial score (nSPS) is 9.79. The highest BCUT2D eigenvalue weighted by molar-refractivity contribution is 7.79. The van der Waals surface area contributed by atoms with Crippen LogP contribution in [0.25, 0.3) is 0 Å². The van der Waals surface area contributed by atoms with Gasteiger partial charge in [0.05, 0.1) is 0 Å². The maximum atomic E-state index is 10.5. The highest BCUT2D eigenvalue weighted by Gasteiger charge is 1.91. The van der Waals surface area contributed by atoms with E-state index in [2.05, 4.69) is 0 Å². The summed E-state index contributed by atoms with van der Waals surface area (Å²) in [5.41, 5.74) is 0. The highest BCUT2D eigenvalue weighted by Crippen LogP contribution is 2.08. The van der Waals surface area contributed by atoms with Gasteiger partial charge in [0.2, 0.25) is 11.1 Å². The van der Waals surface area contributed by atoms with E-state index in [9.17, 15) is 4.21 Å². The van der Waals surface area contributed by atoms with Crippen molar-refractivity contribution in [2.45, 2.75) is 27.7 Å². The van der Waals surface area contributed by atoms with Gasteiger partial charge in [-0.15, -0.1) is 0 Å². The van der Waals surface area contributed by atoms with Crippen molar-refractivity contribution in [2.24, 2.45) is 0 Å². The molecule has 0 bridgehead atoms. The van der Waals surface area contributed by atoms with E-state index in [1.54, 1.807) is 12.1 Å². The fourth-order valence-corrected chi connectivity index (χ4v) is 0.994. The van der Waals surface area contributed by atoms with Gasteiger partial charge in [0, 0.05) is 6.26 Å². The number of benzene rings is 1. The molecule has 0 aromatic heterocycles. The summed E-state index contributed by atoms with van der Waals surface area (Å²) in [6, 6.07) is 9.08. The van der Waals surface area contributed by atoms with Crippen molar-refractivity contribution in [3.63, 3.8) is 0 Å². The van der Waals surface area contributed by atoms with Gasteiger partial charge in [-0.3, -0.25) is 0 Å². The predicted molar refractivity (Wildman–Crippen MR) is 63.8 cm³/mol. The molecule has 0 N–H and O–H groups in total. The zero-order valence-electron chi connectivity index (χ0n) is 9.61. The second kappa shape index (κ2) is 12.2. The Hall–Kier alpha value is -0.830. The molecule has 0 fully saturated rings. The summed E-state index contributed by atoms with van der Waals surface area (Å²) in [6.45, 7) is 8.00. The van der Waals surface area contributed by atoms with E-state index >= 15 is 0 Å². The Morgan fingerprint density at radius 2 is 1.43 bits per heavy atom. The first-order valence-electron chi connectivity index (χ1n) is 4.86. The first-order valence-corrected chi connectivity index (χ1v) is 6.34. The van der Waals surface area contributed by atoms with E-state index in [0.717, 1.165) is 0 Å². The molecule has 0 heterocycles. The molecule has 1 aromatic carbocycles. The zero-order chi connectivity index (χ0) is 11.4. The molecular formula is C11H20O2S. The van der Waals surface area contributed by atoms with E-state index in [-0.39, 0.29) is 0 Å². The second-order valence-corrected chi connectivity index (χ2v) is 2.77. The van der Waals surface area contributed by atoms with Crippen LogP contribution in [-0.4, -0.2) is 10.5 Å². The van der Waals surface area contributed by atoms with Crippen LogP contribution in [0.15, 0.2) is 30.3 Å². The van der Waals surface area contributed by atoms with Gasteiger partial charge in [-0.05, 0) is 12.1 Å². The van der Waals surface area contributed by atoms with Crippen molar-refractivity contribution in [1.82, 2.24) is 0 Å². The van der Waals surface area contributed by atoms with Crippen LogP contribution in [-0.2, 0) is 11.1 Å². The van der Waals surface area contributed by atoms with Crippen molar-refractivity contribution in [2.75, 3.05) is 6.26 Å². The van der Waals surface area contributed by atoms with Crippen LogP contribution in [0.5, 0.6) is 5.75 Å². The standard InChI is InChI=1S/C7H8O2S.2C2H6/c1-10(8)9-7-5-3-2-4-6-7;2*1-2/h2-6H,1H3;2*1-2H3. The molecule has 3 heteroatoms. The average Bonchev–Trinajstić information content (AvgIpc) is 2.24. The molecular weight excluding hydrogens is 196 g/mol.